The molecule has 3 rings (SSSR count). The van der Waals surface area contributed by atoms with Gasteiger partial charge in [-0.15, -0.1) is 0 Å². The van der Waals surface area contributed by atoms with Crippen molar-refractivity contribution in [2.45, 2.75) is 13.5 Å². The number of hydrogen-bond acceptors (Lipinski definition) is 5. The number of aryl methyl sites for hydroxylation is 1. The van der Waals surface area contributed by atoms with Crippen LogP contribution in [0.1, 0.15) is 21.6 Å². The van der Waals surface area contributed by atoms with Crippen LogP contribution < -0.4 is 11.1 Å². The van der Waals surface area contributed by atoms with E-state index in [0.29, 0.717) is 23.7 Å². The summed E-state index contributed by atoms with van der Waals surface area (Å²) in [4.78, 5) is 19.7. The predicted molar refractivity (Wildman–Crippen MR) is 86.8 cm³/mol. The molecular weight excluding hydrogens is 292 g/mol. The molecule has 1 aromatic carbocycles. The average molecular weight is 308 g/mol. The standard InChI is InChI=1S/C17H16N4O2/c1-11-2-4-12(5-3-11)17-21-13(10-23-17)8-20-15-6-7-19-9-14(15)16(18)22/h2-7,9-10H,8H2,1H3,(H2,18,22)(H,19,20). The molecule has 0 spiro atoms. The van der Waals surface area contributed by atoms with Crippen LogP contribution in [0, 0.1) is 6.92 Å². The molecule has 0 fully saturated rings. The second kappa shape index (κ2) is 6.31. The minimum Gasteiger partial charge on any atom is -0.444 e. The van der Waals surface area contributed by atoms with Crippen molar-refractivity contribution in [2.75, 3.05) is 5.32 Å². The summed E-state index contributed by atoms with van der Waals surface area (Å²) in [5.74, 6) is 0.0350. The predicted octanol–water partition coefficient (Wildman–Crippen LogP) is 2.76. The van der Waals surface area contributed by atoms with Gasteiger partial charge in [0.15, 0.2) is 0 Å². The Balaban J connectivity index is 1.73. The number of oxazole rings is 1. The number of anilines is 1. The molecule has 3 N–H and O–H groups in total. The molecule has 0 aliphatic carbocycles. The van der Waals surface area contributed by atoms with Crippen molar-refractivity contribution in [1.82, 2.24) is 9.97 Å². The summed E-state index contributed by atoms with van der Waals surface area (Å²) in [6, 6.07) is 9.64. The van der Waals surface area contributed by atoms with Crippen molar-refractivity contribution in [2.24, 2.45) is 5.73 Å². The molecule has 1 amide bonds. The van der Waals surface area contributed by atoms with Crippen LogP contribution in [-0.2, 0) is 6.54 Å². The summed E-state index contributed by atoms with van der Waals surface area (Å²) in [5.41, 5.74) is 9.11. The first-order valence-corrected chi connectivity index (χ1v) is 7.12. The summed E-state index contributed by atoms with van der Waals surface area (Å²) in [6.07, 6.45) is 4.62. The van der Waals surface area contributed by atoms with Crippen LogP contribution in [0.25, 0.3) is 11.5 Å². The Hall–Kier alpha value is -3.15. The number of carbonyl (C=O) groups is 1. The first-order valence-electron chi connectivity index (χ1n) is 7.12. The zero-order chi connectivity index (χ0) is 16.2. The molecule has 2 heterocycles. The number of primary amides is 1. The second-order valence-corrected chi connectivity index (χ2v) is 5.15. The lowest BCUT2D eigenvalue weighted by molar-refractivity contribution is 0.100. The third-order valence-electron chi connectivity index (χ3n) is 3.40. The zero-order valence-corrected chi connectivity index (χ0v) is 12.6. The Kier molecular flexibility index (Phi) is 4.05. The van der Waals surface area contributed by atoms with Gasteiger partial charge in [0.25, 0.3) is 5.91 Å². The van der Waals surface area contributed by atoms with E-state index in [2.05, 4.69) is 15.3 Å². The maximum atomic E-state index is 11.4. The van der Waals surface area contributed by atoms with E-state index in [1.165, 1.54) is 11.8 Å². The van der Waals surface area contributed by atoms with Crippen LogP contribution in [0.15, 0.2) is 53.4 Å². The maximum Gasteiger partial charge on any atom is 0.252 e. The third-order valence-corrected chi connectivity index (χ3v) is 3.40. The van der Waals surface area contributed by atoms with Crippen LogP contribution >= 0.6 is 0 Å². The summed E-state index contributed by atoms with van der Waals surface area (Å²) in [5, 5.41) is 3.12. The van der Waals surface area contributed by atoms with Gasteiger partial charge >= 0.3 is 0 Å². The first kappa shape index (κ1) is 14.8. The molecule has 0 atom stereocenters. The Morgan fingerprint density at radius 1 is 1.26 bits per heavy atom. The van der Waals surface area contributed by atoms with Crippen LogP contribution in [0.2, 0.25) is 0 Å². The van der Waals surface area contributed by atoms with Crippen LogP contribution in [0.3, 0.4) is 0 Å². The molecule has 0 aliphatic heterocycles. The van der Waals surface area contributed by atoms with Crippen molar-refractivity contribution in [1.29, 1.82) is 0 Å². The van der Waals surface area contributed by atoms with Crippen molar-refractivity contribution in [3.8, 4) is 11.5 Å². The summed E-state index contributed by atoms with van der Waals surface area (Å²) >= 11 is 0. The molecule has 0 aliphatic rings. The SMILES string of the molecule is Cc1ccc(-c2nc(CNc3ccncc3C(N)=O)co2)cc1. The quantitative estimate of drug-likeness (QED) is 0.756. The van der Waals surface area contributed by atoms with Gasteiger partial charge in [-0.25, -0.2) is 4.98 Å². The molecular formula is C17H16N4O2. The van der Waals surface area contributed by atoms with Crippen LogP contribution in [-0.4, -0.2) is 15.9 Å². The lowest BCUT2D eigenvalue weighted by Crippen LogP contribution is -2.14. The van der Waals surface area contributed by atoms with Gasteiger partial charge < -0.3 is 15.5 Å². The lowest BCUT2D eigenvalue weighted by atomic mass is 10.1. The van der Waals surface area contributed by atoms with E-state index >= 15 is 0 Å². The fourth-order valence-corrected chi connectivity index (χ4v) is 2.15. The number of pyridine rings is 1. The monoisotopic (exact) mass is 308 g/mol. The summed E-state index contributed by atoms with van der Waals surface area (Å²) < 4.78 is 5.50. The number of benzene rings is 1. The molecule has 0 bridgehead atoms. The second-order valence-electron chi connectivity index (χ2n) is 5.15. The molecule has 0 saturated heterocycles. The van der Waals surface area contributed by atoms with Crippen molar-refractivity contribution >= 4 is 11.6 Å². The van der Waals surface area contributed by atoms with Gasteiger partial charge in [-0.3, -0.25) is 9.78 Å². The molecule has 0 unspecified atom stereocenters. The highest BCUT2D eigenvalue weighted by Gasteiger charge is 2.10. The van der Waals surface area contributed by atoms with Gasteiger partial charge in [-0.1, -0.05) is 17.7 Å². The van der Waals surface area contributed by atoms with Crippen molar-refractivity contribution in [3.63, 3.8) is 0 Å². The first-order chi connectivity index (χ1) is 11.1. The molecule has 6 heteroatoms. The van der Waals surface area contributed by atoms with E-state index in [-0.39, 0.29) is 0 Å². The lowest BCUT2D eigenvalue weighted by Gasteiger charge is -2.07. The number of nitrogens with one attached hydrogen (secondary N) is 1. The third kappa shape index (κ3) is 3.37. The highest BCUT2D eigenvalue weighted by Crippen LogP contribution is 2.20. The minimum atomic E-state index is -0.527. The highest BCUT2D eigenvalue weighted by atomic mass is 16.3. The number of hydrogen-bond donors (Lipinski definition) is 2. The fraction of sp³-hybridized carbons (Fsp3) is 0.118. The smallest absolute Gasteiger partial charge is 0.252 e. The summed E-state index contributed by atoms with van der Waals surface area (Å²) in [6.45, 7) is 2.44. The number of aromatic nitrogens is 2. The van der Waals surface area contributed by atoms with Gasteiger partial charge in [0, 0.05) is 18.0 Å². The van der Waals surface area contributed by atoms with E-state index in [4.69, 9.17) is 10.2 Å². The Morgan fingerprint density at radius 2 is 2.04 bits per heavy atom. The van der Waals surface area contributed by atoms with Gasteiger partial charge in [-0.2, -0.15) is 0 Å². The van der Waals surface area contributed by atoms with E-state index in [0.717, 1.165) is 11.3 Å². The number of nitrogens with zero attached hydrogens (tertiary/aromatic N) is 2. The van der Waals surface area contributed by atoms with E-state index in [1.807, 2.05) is 31.2 Å². The number of nitrogens with two attached hydrogens (primary N) is 1. The van der Waals surface area contributed by atoms with Crippen LogP contribution in [0.5, 0.6) is 0 Å². The minimum absolute atomic E-state index is 0.342. The summed E-state index contributed by atoms with van der Waals surface area (Å²) in [7, 11) is 0. The zero-order valence-electron chi connectivity index (χ0n) is 12.6. The molecule has 0 radical (unpaired) electrons. The molecule has 0 saturated carbocycles. The number of carbonyl (C=O) groups excluding carboxylic acids is 1. The normalized spacial score (nSPS) is 10.5. The largest absolute Gasteiger partial charge is 0.444 e. The molecule has 3 aromatic rings. The highest BCUT2D eigenvalue weighted by molar-refractivity contribution is 5.98. The topological polar surface area (TPSA) is 94.0 Å². The van der Waals surface area contributed by atoms with E-state index in [9.17, 15) is 4.79 Å². The van der Waals surface area contributed by atoms with Crippen molar-refractivity contribution < 1.29 is 9.21 Å². The van der Waals surface area contributed by atoms with E-state index < -0.39 is 5.91 Å². The van der Waals surface area contributed by atoms with Gasteiger partial charge in [-0.05, 0) is 25.1 Å². The molecule has 6 nitrogen and oxygen atoms in total. The molecule has 23 heavy (non-hydrogen) atoms. The maximum absolute atomic E-state index is 11.4. The Labute approximate surface area is 133 Å². The Morgan fingerprint density at radius 3 is 2.78 bits per heavy atom. The van der Waals surface area contributed by atoms with Gasteiger partial charge in [0.1, 0.15) is 6.26 Å². The fourth-order valence-electron chi connectivity index (χ4n) is 2.15. The number of amides is 1. The van der Waals surface area contributed by atoms with Crippen molar-refractivity contribution in [3.05, 3.63) is 65.8 Å². The molecule has 116 valence electrons. The molecule has 2 aromatic heterocycles. The van der Waals surface area contributed by atoms with Gasteiger partial charge in [0.2, 0.25) is 5.89 Å². The Bertz CT molecular complexity index is 825. The van der Waals surface area contributed by atoms with E-state index in [1.54, 1.807) is 18.5 Å². The van der Waals surface area contributed by atoms with Gasteiger partial charge in [0.05, 0.1) is 23.5 Å². The van der Waals surface area contributed by atoms with Crippen LogP contribution in [0.4, 0.5) is 5.69 Å². The average Bonchev–Trinajstić information content (AvgIpc) is 3.03. The number of rotatable bonds is 5.